The van der Waals surface area contributed by atoms with E-state index in [0.29, 0.717) is 5.76 Å². The molecule has 0 aromatic heterocycles. The van der Waals surface area contributed by atoms with E-state index in [9.17, 15) is 9.90 Å². The quantitative estimate of drug-likeness (QED) is 0.842. The van der Waals surface area contributed by atoms with Crippen molar-refractivity contribution in [1.82, 2.24) is 0 Å². The summed E-state index contributed by atoms with van der Waals surface area (Å²) < 4.78 is 17.1. The van der Waals surface area contributed by atoms with Crippen LogP contribution in [0.5, 0.6) is 0 Å². The molecule has 0 aromatic carbocycles. The first kappa shape index (κ1) is 17.9. The monoisotopic (exact) mass is 324 g/mol. The molecule has 2 rings (SSSR count). The lowest BCUT2D eigenvalue weighted by atomic mass is 9.69. The van der Waals surface area contributed by atoms with Crippen molar-refractivity contribution in [3.05, 3.63) is 22.9 Å². The van der Waals surface area contributed by atoms with Gasteiger partial charge in [-0.3, -0.25) is 4.79 Å². The Morgan fingerprint density at radius 2 is 1.61 bits per heavy atom. The van der Waals surface area contributed by atoms with E-state index >= 15 is 0 Å². The van der Waals surface area contributed by atoms with Crippen molar-refractivity contribution in [2.45, 2.75) is 66.3 Å². The summed E-state index contributed by atoms with van der Waals surface area (Å²) in [6.07, 6.45) is -0.402. The van der Waals surface area contributed by atoms with Crippen molar-refractivity contribution < 1.29 is 24.1 Å². The highest BCUT2D eigenvalue weighted by Crippen LogP contribution is 2.62. The van der Waals surface area contributed by atoms with E-state index in [2.05, 4.69) is 0 Å². The van der Waals surface area contributed by atoms with Gasteiger partial charge in [-0.25, -0.2) is 0 Å². The minimum absolute atomic E-state index is 0.118. The zero-order valence-electron chi connectivity index (χ0n) is 15.3. The van der Waals surface area contributed by atoms with Crippen LogP contribution in [0, 0.1) is 11.3 Å². The van der Waals surface area contributed by atoms with E-state index in [-0.39, 0.29) is 35.4 Å². The number of hydrogen-bond donors (Lipinski definition) is 1. The number of aliphatic hydroxyl groups is 1. The number of hydrogen-bond acceptors (Lipinski definition) is 5. The maximum absolute atomic E-state index is 13.2. The molecule has 3 atom stereocenters. The van der Waals surface area contributed by atoms with Crippen LogP contribution < -0.4 is 0 Å². The Kier molecular flexibility index (Phi) is 4.31. The first-order chi connectivity index (χ1) is 10.5. The summed E-state index contributed by atoms with van der Waals surface area (Å²) in [5.74, 6) is 0.262. The van der Waals surface area contributed by atoms with Crippen LogP contribution in [0.2, 0.25) is 0 Å². The lowest BCUT2D eigenvalue weighted by molar-refractivity contribution is -0.139. The zero-order chi connectivity index (χ0) is 17.7. The summed E-state index contributed by atoms with van der Waals surface area (Å²) in [5.41, 5.74) is -1.85. The molecule has 0 heterocycles. The van der Waals surface area contributed by atoms with Crippen LogP contribution in [0.3, 0.4) is 0 Å². The molecular formula is C18H28O5. The summed E-state index contributed by atoms with van der Waals surface area (Å²) in [7, 11) is 1.51. The van der Waals surface area contributed by atoms with Crippen LogP contribution in [0.4, 0.5) is 0 Å². The molecule has 0 aromatic rings. The van der Waals surface area contributed by atoms with Crippen LogP contribution in [0.1, 0.15) is 48.5 Å². The Bertz CT molecular complexity index is 586. The summed E-state index contributed by atoms with van der Waals surface area (Å²) in [6.45, 7) is 13.0. The highest BCUT2D eigenvalue weighted by Gasteiger charge is 2.73. The molecule has 0 fully saturated rings. The van der Waals surface area contributed by atoms with Crippen molar-refractivity contribution in [2.75, 3.05) is 7.11 Å². The van der Waals surface area contributed by atoms with Gasteiger partial charge in [-0.1, -0.05) is 6.92 Å². The fourth-order valence-corrected chi connectivity index (χ4v) is 3.69. The summed E-state index contributed by atoms with van der Waals surface area (Å²) in [4.78, 5) is 13.2. The Morgan fingerprint density at radius 1 is 1.09 bits per heavy atom. The van der Waals surface area contributed by atoms with E-state index in [4.69, 9.17) is 14.2 Å². The largest absolute Gasteiger partial charge is 0.498 e. The van der Waals surface area contributed by atoms with Gasteiger partial charge < -0.3 is 19.3 Å². The minimum Gasteiger partial charge on any atom is -0.498 e. The van der Waals surface area contributed by atoms with E-state index in [1.54, 1.807) is 6.92 Å². The average molecular weight is 324 g/mol. The third-order valence-electron chi connectivity index (χ3n) is 5.08. The second kappa shape index (κ2) is 5.55. The Morgan fingerprint density at radius 3 is 2.04 bits per heavy atom. The molecule has 5 nitrogen and oxygen atoms in total. The molecule has 130 valence electrons. The molecule has 0 spiro atoms. The molecule has 0 radical (unpaired) electrons. The lowest BCUT2D eigenvalue weighted by Crippen LogP contribution is -2.49. The molecule has 0 unspecified atom stereocenters. The summed E-state index contributed by atoms with van der Waals surface area (Å²) in [6, 6.07) is 0. The second-order valence-corrected chi connectivity index (χ2v) is 7.17. The van der Waals surface area contributed by atoms with Gasteiger partial charge in [-0.05, 0) is 53.0 Å². The number of carbonyl (C=O) groups excluding carboxylic acids is 1. The third kappa shape index (κ3) is 2.12. The summed E-state index contributed by atoms with van der Waals surface area (Å²) in [5, 5.41) is 11.6. The van der Waals surface area contributed by atoms with Crippen LogP contribution in [-0.4, -0.2) is 35.8 Å². The van der Waals surface area contributed by atoms with Crippen LogP contribution in [0.25, 0.3) is 0 Å². The predicted molar refractivity (Wildman–Crippen MR) is 86.4 cm³/mol. The predicted octanol–water partition coefficient (Wildman–Crippen LogP) is 2.94. The Labute approximate surface area is 138 Å². The minimum atomic E-state index is -1.63. The molecule has 2 aliphatic rings. The molecule has 23 heavy (non-hydrogen) atoms. The molecule has 2 aliphatic carbocycles. The zero-order valence-corrected chi connectivity index (χ0v) is 15.3. The van der Waals surface area contributed by atoms with Gasteiger partial charge in [0.05, 0.1) is 24.7 Å². The average Bonchev–Trinajstić information content (AvgIpc) is 2.70. The SMILES string of the molecule is COC1=C(C)[C@H](C)[C@@]2(C)C(=O)C(OC(C)C)=C(OC(C)C)[C@@]12O. The van der Waals surface area contributed by atoms with Gasteiger partial charge in [0.2, 0.25) is 11.5 Å². The maximum Gasteiger partial charge on any atom is 0.211 e. The van der Waals surface area contributed by atoms with Gasteiger partial charge in [0, 0.05) is 0 Å². The first-order valence-electron chi connectivity index (χ1n) is 8.13. The highest BCUT2D eigenvalue weighted by molar-refractivity contribution is 6.05. The van der Waals surface area contributed by atoms with Crippen molar-refractivity contribution in [3.63, 3.8) is 0 Å². The number of ether oxygens (including phenoxy) is 3. The van der Waals surface area contributed by atoms with Crippen LogP contribution in [-0.2, 0) is 19.0 Å². The van der Waals surface area contributed by atoms with Gasteiger partial charge in [0.25, 0.3) is 0 Å². The van der Waals surface area contributed by atoms with Gasteiger partial charge in [0.1, 0.15) is 5.76 Å². The molecular weight excluding hydrogens is 296 g/mol. The number of fused-ring (bicyclic) bond motifs is 1. The van der Waals surface area contributed by atoms with Crippen molar-refractivity contribution in [1.29, 1.82) is 0 Å². The molecule has 1 N–H and O–H groups in total. The molecule has 0 saturated carbocycles. The Hall–Kier alpha value is -1.49. The number of methoxy groups -OCH3 is 1. The molecule has 5 heteroatoms. The van der Waals surface area contributed by atoms with Gasteiger partial charge in [-0.2, -0.15) is 0 Å². The van der Waals surface area contributed by atoms with Gasteiger partial charge in [-0.15, -0.1) is 0 Å². The van der Waals surface area contributed by atoms with Crippen molar-refractivity contribution >= 4 is 5.78 Å². The molecule has 0 aliphatic heterocycles. The third-order valence-corrected chi connectivity index (χ3v) is 5.08. The van der Waals surface area contributed by atoms with Crippen molar-refractivity contribution in [3.8, 4) is 0 Å². The molecule has 0 bridgehead atoms. The summed E-state index contributed by atoms with van der Waals surface area (Å²) >= 11 is 0. The van der Waals surface area contributed by atoms with Crippen LogP contribution in [0.15, 0.2) is 22.9 Å². The second-order valence-electron chi connectivity index (χ2n) is 7.17. The van der Waals surface area contributed by atoms with Gasteiger partial charge >= 0.3 is 0 Å². The smallest absolute Gasteiger partial charge is 0.211 e. The van der Waals surface area contributed by atoms with E-state index in [1.165, 1.54) is 7.11 Å². The number of allylic oxidation sites excluding steroid dienone is 2. The lowest BCUT2D eigenvalue weighted by Gasteiger charge is -2.37. The number of ketones is 1. The number of carbonyl (C=O) groups is 1. The van der Waals surface area contributed by atoms with Crippen LogP contribution >= 0.6 is 0 Å². The maximum atomic E-state index is 13.2. The number of Topliss-reactive ketones (excluding diaryl/α,β-unsaturated/α-hetero) is 1. The van der Waals surface area contributed by atoms with Gasteiger partial charge in [0.15, 0.2) is 11.4 Å². The normalized spacial score (nSPS) is 33.9. The molecule has 0 amide bonds. The Balaban J connectivity index is 2.72. The van der Waals surface area contributed by atoms with Crippen molar-refractivity contribution in [2.24, 2.45) is 11.3 Å². The van der Waals surface area contributed by atoms with E-state index < -0.39 is 11.0 Å². The highest BCUT2D eigenvalue weighted by atomic mass is 16.6. The standard InChI is InChI=1S/C18H28O5/c1-9(2)22-13-14(19)17(7)12(6)11(5)15(21-8)18(17,20)16(13)23-10(3)4/h9-10,12,20H,1-8H3/t12-,17-,18-/m0/s1. The topological polar surface area (TPSA) is 65.0 Å². The molecule has 0 saturated heterocycles. The first-order valence-corrected chi connectivity index (χ1v) is 8.13. The van der Waals surface area contributed by atoms with E-state index in [1.807, 2.05) is 41.5 Å². The fourth-order valence-electron chi connectivity index (χ4n) is 3.69. The number of rotatable bonds is 5. The van der Waals surface area contributed by atoms with E-state index in [0.717, 1.165) is 5.57 Å². The fraction of sp³-hybridized carbons (Fsp3) is 0.722.